The summed E-state index contributed by atoms with van der Waals surface area (Å²) in [5.74, 6) is 0.798. The van der Waals surface area contributed by atoms with E-state index in [0.717, 1.165) is 82.8 Å². The Bertz CT molecular complexity index is 4360. The molecule has 15 rings (SSSR count). The largest absolute Gasteiger partial charge is 0.309 e. The first-order valence-corrected chi connectivity index (χ1v) is 22.3. The van der Waals surface area contributed by atoms with E-state index < -0.39 is 0 Å². The van der Waals surface area contributed by atoms with Crippen molar-refractivity contribution in [1.82, 2.24) is 23.7 Å². The molecule has 0 spiro atoms. The maximum Gasteiger partial charge on any atom is 0.165 e. The molecule has 1 aliphatic heterocycles. The highest BCUT2D eigenvalue weighted by atomic mass is 15.1. The lowest BCUT2D eigenvalue weighted by atomic mass is 9.94. The summed E-state index contributed by atoms with van der Waals surface area (Å²) in [5, 5.41) is 9.29. The zero-order valence-electron chi connectivity index (χ0n) is 34.9. The molecule has 65 heavy (non-hydrogen) atoms. The van der Waals surface area contributed by atoms with Crippen LogP contribution < -0.4 is 0 Å². The number of aromatic nitrogens is 5. The van der Waals surface area contributed by atoms with E-state index >= 15 is 0 Å². The molecule has 14 aromatic rings. The molecule has 0 unspecified atom stereocenters. The van der Waals surface area contributed by atoms with Crippen LogP contribution in [0, 0.1) is 0 Å². The van der Waals surface area contributed by atoms with Gasteiger partial charge in [0, 0.05) is 60.1 Å². The second kappa shape index (κ2) is 12.9. The standard InChI is InChI=1S/C60H35N5/c1-2-17-37(18-3-1)63-52-30-13-10-24-45(52)56-46(27-15-31-53(56)63)58-60(61-49-33-32-36-16-4-5-19-38(36)57(49)62-58)65-51-29-12-9-23-42(51)47-34-54-48(35-55(47)65)44-26-14-25-43-40-21-7-6-20-39(40)41-22-8-11-28-50(41)64(54)59(43)44/h1-35H. The molecule has 5 heteroatoms. The van der Waals surface area contributed by atoms with Gasteiger partial charge in [0.15, 0.2) is 5.82 Å². The van der Waals surface area contributed by atoms with E-state index in [0.29, 0.717) is 0 Å². The van der Waals surface area contributed by atoms with Crippen LogP contribution >= 0.6 is 0 Å². The maximum atomic E-state index is 5.79. The molecule has 0 saturated carbocycles. The summed E-state index contributed by atoms with van der Waals surface area (Å²) in [6.45, 7) is 0. The molecule has 1 aliphatic rings. The first-order chi connectivity index (χ1) is 32.3. The highest BCUT2D eigenvalue weighted by Crippen LogP contribution is 2.49. The molecule has 0 aliphatic carbocycles. The molecule has 4 aromatic heterocycles. The predicted octanol–water partition coefficient (Wildman–Crippen LogP) is 15.4. The Kier molecular flexibility index (Phi) is 6.89. The number of fused-ring (bicyclic) bond motifs is 17. The van der Waals surface area contributed by atoms with Crippen molar-refractivity contribution in [2.24, 2.45) is 0 Å². The van der Waals surface area contributed by atoms with Gasteiger partial charge in [-0.3, -0.25) is 4.57 Å². The molecule has 5 nitrogen and oxygen atoms in total. The third-order valence-electron chi connectivity index (χ3n) is 14.0. The van der Waals surface area contributed by atoms with E-state index in [1.807, 2.05) is 0 Å². The summed E-state index contributed by atoms with van der Waals surface area (Å²) in [7, 11) is 0. The summed E-state index contributed by atoms with van der Waals surface area (Å²) in [4.78, 5) is 11.5. The van der Waals surface area contributed by atoms with Crippen LogP contribution in [0.5, 0.6) is 0 Å². The van der Waals surface area contributed by atoms with Crippen molar-refractivity contribution in [3.8, 4) is 50.7 Å². The van der Waals surface area contributed by atoms with Crippen LogP contribution in [0.25, 0.3) is 138 Å². The van der Waals surface area contributed by atoms with Crippen molar-refractivity contribution in [3.05, 3.63) is 212 Å². The number of nitrogens with zero attached hydrogens (tertiary/aromatic N) is 5. The number of benzene rings is 10. The molecular formula is C60H35N5. The van der Waals surface area contributed by atoms with Crippen LogP contribution in [0.2, 0.25) is 0 Å². The SMILES string of the molecule is c1ccc(-n2c3ccccc3c3c(-c4nc5c(ccc6ccccc65)nc4-n4c5ccccc5c5cc6c(cc54)c4cccc5c4n6-c4ccccc4-c4ccccc4-5)cccc32)cc1. The van der Waals surface area contributed by atoms with Gasteiger partial charge in [0.25, 0.3) is 0 Å². The molecular weight excluding hydrogens is 791 g/mol. The van der Waals surface area contributed by atoms with E-state index in [1.165, 1.54) is 55.1 Å². The van der Waals surface area contributed by atoms with Crippen LogP contribution in [-0.2, 0) is 0 Å². The molecule has 300 valence electrons. The van der Waals surface area contributed by atoms with E-state index in [9.17, 15) is 0 Å². The zero-order valence-corrected chi connectivity index (χ0v) is 34.9. The van der Waals surface area contributed by atoms with Crippen molar-refractivity contribution in [3.63, 3.8) is 0 Å². The molecule has 10 aromatic carbocycles. The van der Waals surface area contributed by atoms with E-state index in [1.54, 1.807) is 0 Å². The Morgan fingerprint density at radius 1 is 0.323 bits per heavy atom. The minimum Gasteiger partial charge on any atom is -0.309 e. The number of hydrogen-bond donors (Lipinski definition) is 0. The van der Waals surface area contributed by atoms with Crippen LogP contribution in [-0.4, -0.2) is 23.7 Å². The Morgan fingerprint density at radius 3 is 1.75 bits per heavy atom. The first-order valence-electron chi connectivity index (χ1n) is 22.3. The van der Waals surface area contributed by atoms with Gasteiger partial charge in [0.05, 0.1) is 49.8 Å². The second-order valence-corrected chi connectivity index (χ2v) is 17.3. The van der Waals surface area contributed by atoms with Gasteiger partial charge in [0.2, 0.25) is 0 Å². The van der Waals surface area contributed by atoms with Crippen LogP contribution in [0.4, 0.5) is 0 Å². The summed E-state index contributed by atoms with van der Waals surface area (Å²) < 4.78 is 7.28. The van der Waals surface area contributed by atoms with E-state index in [-0.39, 0.29) is 0 Å². The van der Waals surface area contributed by atoms with Gasteiger partial charge in [-0.15, -0.1) is 0 Å². The van der Waals surface area contributed by atoms with E-state index in [2.05, 4.69) is 226 Å². The maximum absolute atomic E-state index is 5.79. The highest BCUT2D eigenvalue weighted by molar-refractivity contribution is 6.23. The Hall–Kier alpha value is -8.80. The van der Waals surface area contributed by atoms with Gasteiger partial charge in [-0.05, 0) is 71.1 Å². The lowest BCUT2D eigenvalue weighted by Crippen LogP contribution is -2.04. The smallest absolute Gasteiger partial charge is 0.165 e. The van der Waals surface area contributed by atoms with Crippen molar-refractivity contribution >= 4 is 87.2 Å². The van der Waals surface area contributed by atoms with Gasteiger partial charge < -0.3 is 9.13 Å². The average Bonchev–Trinajstić information content (AvgIpc) is 3.97. The topological polar surface area (TPSA) is 40.6 Å². The minimum absolute atomic E-state index is 0.798. The summed E-state index contributed by atoms with van der Waals surface area (Å²) >= 11 is 0. The fourth-order valence-electron chi connectivity index (χ4n) is 11.3. The highest BCUT2D eigenvalue weighted by Gasteiger charge is 2.28. The fourth-order valence-corrected chi connectivity index (χ4v) is 11.3. The predicted molar refractivity (Wildman–Crippen MR) is 270 cm³/mol. The number of rotatable bonds is 3. The van der Waals surface area contributed by atoms with E-state index in [4.69, 9.17) is 9.97 Å². The van der Waals surface area contributed by atoms with Crippen molar-refractivity contribution in [2.45, 2.75) is 0 Å². The van der Waals surface area contributed by atoms with Crippen LogP contribution in [0.1, 0.15) is 0 Å². The summed E-state index contributed by atoms with van der Waals surface area (Å²) in [6.07, 6.45) is 0. The van der Waals surface area contributed by atoms with Crippen molar-refractivity contribution in [2.75, 3.05) is 0 Å². The zero-order chi connectivity index (χ0) is 42.3. The van der Waals surface area contributed by atoms with Gasteiger partial charge in [-0.25, -0.2) is 9.97 Å². The molecule has 0 bridgehead atoms. The number of para-hydroxylation sites is 5. The lowest BCUT2D eigenvalue weighted by Gasteiger charge is -2.16. The number of hydrogen-bond acceptors (Lipinski definition) is 2. The normalized spacial score (nSPS) is 12.3. The van der Waals surface area contributed by atoms with Crippen molar-refractivity contribution < 1.29 is 0 Å². The third-order valence-corrected chi connectivity index (χ3v) is 14.0. The third kappa shape index (κ3) is 4.65. The first kappa shape index (κ1) is 34.7. The fraction of sp³-hybridized carbons (Fsp3) is 0. The van der Waals surface area contributed by atoms with Crippen molar-refractivity contribution in [1.29, 1.82) is 0 Å². The lowest BCUT2D eigenvalue weighted by molar-refractivity contribution is 1.08. The molecule has 0 N–H and O–H groups in total. The Labute approximate surface area is 372 Å². The van der Waals surface area contributed by atoms with Crippen LogP contribution in [0.15, 0.2) is 212 Å². The molecule has 0 fully saturated rings. The summed E-state index contributed by atoms with van der Waals surface area (Å²) in [5.41, 5.74) is 17.7. The van der Waals surface area contributed by atoms with Gasteiger partial charge in [0.1, 0.15) is 5.69 Å². The van der Waals surface area contributed by atoms with Gasteiger partial charge in [-0.1, -0.05) is 158 Å². The molecule has 0 atom stereocenters. The minimum atomic E-state index is 0.798. The second-order valence-electron chi connectivity index (χ2n) is 17.3. The monoisotopic (exact) mass is 825 g/mol. The van der Waals surface area contributed by atoms with Gasteiger partial charge in [-0.2, -0.15) is 0 Å². The molecule has 0 radical (unpaired) electrons. The molecule has 0 saturated heterocycles. The summed E-state index contributed by atoms with van der Waals surface area (Å²) in [6, 6.07) is 77.1. The van der Waals surface area contributed by atoms with Gasteiger partial charge >= 0.3 is 0 Å². The molecule has 0 amide bonds. The Balaban J connectivity index is 1.10. The molecule has 5 heterocycles. The van der Waals surface area contributed by atoms with Crippen LogP contribution in [0.3, 0.4) is 0 Å². The average molecular weight is 826 g/mol. The quantitative estimate of drug-likeness (QED) is 0.167. The Morgan fingerprint density at radius 2 is 0.908 bits per heavy atom.